The highest BCUT2D eigenvalue weighted by molar-refractivity contribution is 5.95. The molecule has 3 rings (SSSR count). The van der Waals surface area contributed by atoms with Crippen molar-refractivity contribution in [2.45, 2.75) is 19.8 Å². The van der Waals surface area contributed by atoms with E-state index in [1.54, 1.807) is 6.07 Å². The molecule has 1 aromatic carbocycles. The average Bonchev–Trinajstić information content (AvgIpc) is 2.85. The van der Waals surface area contributed by atoms with Gasteiger partial charge in [-0.05, 0) is 37.0 Å². The number of hydrogen-bond donors (Lipinski definition) is 0. The Kier molecular flexibility index (Phi) is 2.86. The summed E-state index contributed by atoms with van der Waals surface area (Å²) in [6.07, 6.45) is 2.31. The predicted molar refractivity (Wildman–Crippen MR) is 66.9 cm³/mol. The van der Waals surface area contributed by atoms with Crippen LogP contribution < -0.4 is 9.47 Å². The second-order valence-corrected chi connectivity index (χ2v) is 5.07. The fourth-order valence-electron chi connectivity index (χ4n) is 2.59. The molecule has 0 unspecified atom stereocenters. The number of amides is 1. The number of rotatable bonds is 1. The maximum atomic E-state index is 12.4. The van der Waals surface area contributed by atoms with E-state index in [0.29, 0.717) is 17.2 Å². The highest BCUT2D eigenvalue weighted by atomic mass is 16.7. The molecule has 1 atom stereocenters. The molecule has 2 aliphatic heterocycles. The van der Waals surface area contributed by atoms with Gasteiger partial charge in [-0.15, -0.1) is 0 Å². The van der Waals surface area contributed by atoms with E-state index in [2.05, 4.69) is 6.92 Å². The first-order chi connectivity index (χ1) is 8.74. The molecular weight excluding hydrogens is 230 g/mol. The highest BCUT2D eigenvalue weighted by Crippen LogP contribution is 2.33. The van der Waals surface area contributed by atoms with Crippen LogP contribution in [0.2, 0.25) is 0 Å². The van der Waals surface area contributed by atoms with Crippen molar-refractivity contribution in [1.82, 2.24) is 4.90 Å². The van der Waals surface area contributed by atoms with Crippen LogP contribution in [0.1, 0.15) is 30.1 Å². The Morgan fingerprint density at radius 1 is 1.33 bits per heavy atom. The van der Waals surface area contributed by atoms with Crippen molar-refractivity contribution in [2.75, 3.05) is 19.9 Å². The van der Waals surface area contributed by atoms with Crippen LogP contribution in [0.5, 0.6) is 11.5 Å². The maximum Gasteiger partial charge on any atom is 0.254 e. The summed E-state index contributed by atoms with van der Waals surface area (Å²) in [4.78, 5) is 14.3. The van der Waals surface area contributed by atoms with Crippen LogP contribution in [0.4, 0.5) is 0 Å². The lowest BCUT2D eigenvalue weighted by Crippen LogP contribution is -2.39. The van der Waals surface area contributed by atoms with Gasteiger partial charge in [0.05, 0.1) is 0 Å². The van der Waals surface area contributed by atoms with Gasteiger partial charge in [0.15, 0.2) is 11.5 Å². The van der Waals surface area contributed by atoms with Gasteiger partial charge in [0, 0.05) is 18.7 Å². The topological polar surface area (TPSA) is 38.8 Å². The molecule has 2 aliphatic rings. The minimum atomic E-state index is 0.0971. The largest absolute Gasteiger partial charge is 0.454 e. The monoisotopic (exact) mass is 247 g/mol. The van der Waals surface area contributed by atoms with Crippen molar-refractivity contribution in [2.24, 2.45) is 5.92 Å². The van der Waals surface area contributed by atoms with Crippen molar-refractivity contribution < 1.29 is 14.3 Å². The van der Waals surface area contributed by atoms with Gasteiger partial charge in [0.1, 0.15) is 0 Å². The van der Waals surface area contributed by atoms with Gasteiger partial charge in [-0.3, -0.25) is 4.79 Å². The second-order valence-electron chi connectivity index (χ2n) is 5.07. The van der Waals surface area contributed by atoms with Crippen molar-refractivity contribution in [3.8, 4) is 11.5 Å². The van der Waals surface area contributed by atoms with E-state index in [1.165, 1.54) is 6.42 Å². The van der Waals surface area contributed by atoms with Crippen molar-refractivity contribution in [3.05, 3.63) is 23.8 Å². The van der Waals surface area contributed by atoms with E-state index in [0.717, 1.165) is 25.3 Å². The first-order valence-corrected chi connectivity index (χ1v) is 6.43. The summed E-state index contributed by atoms with van der Waals surface area (Å²) >= 11 is 0. The summed E-state index contributed by atoms with van der Waals surface area (Å²) in [5.74, 6) is 2.08. The molecule has 2 heterocycles. The molecule has 0 aliphatic carbocycles. The molecule has 0 N–H and O–H groups in total. The molecule has 0 aromatic heterocycles. The number of likely N-dealkylation sites (tertiary alicyclic amines) is 1. The zero-order chi connectivity index (χ0) is 12.5. The van der Waals surface area contributed by atoms with Crippen LogP contribution >= 0.6 is 0 Å². The van der Waals surface area contributed by atoms with Gasteiger partial charge in [-0.1, -0.05) is 6.92 Å². The summed E-state index contributed by atoms with van der Waals surface area (Å²) in [5, 5.41) is 0. The van der Waals surface area contributed by atoms with E-state index in [4.69, 9.17) is 9.47 Å². The molecule has 0 spiro atoms. The average molecular weight is 247 g/mol. The Morgan fingerprint density at radius 2 is 2.17 bits per heavy atom. The molecule has 0 radical (unpaired) electrons. The van der Waals surface area contributed by atoms with Crippen LogP contribution in [0.3, 0.4) is 0 Å². The molecule has 1 amide bonds. The van der Waals surface area contributed by atoms with Crippen LogP contribution in [-0.4, -0.2) is 30.7 Å². The first kappa shape index (κ1) is 11.4. The third kappa shape index (κ3) is 2.03. The number of carbonyl (C=O) groups is 1. The van der Waals surface area contributed by atoms with Crippen LogP contribution in [0.25, 0.3) is 0 Å². The summed E-state index contributed by atoms with van der Waals surface area (Å²) in [6.45, 7) is 4.15. The third-order valence-electron chi connectivity index (χ3n) is 3.56. The van der Waals surface area contributed by atoms with Gasteiger partial charge in [-0.25, -0.2) is 0 Å². The van der Waals surface area contributed by atoms with Crippen LogP contribution in [0, 0.1) is 5.92 Å². The predicted octanol–water partition coefficient (Wildman–Crippen LogP) is 2.29. The van der Waals surface area contributed by atoms with Crippen molar-refractivity contribution in [1.29, 1.82) is 0 Å². The number of fused-ring (bicyclic) bond motifs is 1. The van der Waals surface area contributed by atoms with Gasteiger partial charge >= 0.3 is 0 Å². The fourth-order valence-corrected chi connectivity index (χ4v) is 2.59. The van der Waals surface area contributed by atoms with Gasteiger partial charge in [0.2, 0.25) is 6.79 Å². The van der Waals surface area contributed by atoms with Crippen LogP contribution in [-0.2, 0) is 0 Å². The molecule has 96 valence electrons. The van der Waals surface area contributed by atoms with Crippen molar-refractivity contribution >= 4 is 5.91 Å². The van der Waals surface area contributed by atoms with Gasteiger partial charge in [0.25, 0.3) is 5.91 Å². The lowest BCUT2D eigenvalue weighted by Gasteiger charge is -2.31. The van der Waals surface area contributed by atoms with E-state index in [9.17, 15) is 4.79 Å². The molecule has 18 heavy (non-hydrogen) atoms. The van der Waals surface area contributed by atoms with Gasteiger partial charge in [-0.2, -0.15) is 0 Å². The molecule has 1 saturated heterocycles. The Bertz CT molecular complexity index is 472. The number of piperidine rings is 1. The van der Waals surface area contributed by atoms with Gasteiger partial charge < -0.3 is 14.4 Å². The Morgan fingerprint density at radius 3 is 3.00 bits per heavy atom. The summed E-state index contributed by atoms with van der Waals surface area (Å²) in [5.41, 5.74) is 0.688. The molecular formula is C14H17NO3. The minimum absolute atomic E-state index is 0.0971. The third-order valence-corrected chi connectivity index (χ3v) is 3.56. The Balaban J connectivity index is 1.79. The molecule has 1 fully saturated rings. The summed E-state index contributed by atoms with van der Waals surface area (Å²) in [6, 6.07) is 5.40. The van der Waals surface area contributed by atoms with E-state index >= 15 is 0 Å². The summed E-state index contributed by atoms with van der Waals surface area (Å²) in [7, 11) is 0. The number of benzene rings is 1. The summed E-state index contributed by atoms with van der Waals surface area (Å²) < 4.78 is 10.6. The molecule has 4 heteroatoms. The normalized spacial score (nSPS) is 22.1. The first-order valence-electron chi connectivity index (χ1n) is 6.43. The zero-order valence-electron chi connectivity index (χ0n) is 10.5. The second kappa shape index (κ2) is 4.52. The zero-order valence-corrected chi connectivity index (χ0v) is 10.5. The number of nitrogens with zero attached hydrogens (tertiary/aromatic N) is 1. The SMILES string of the molecule is C[C@H]1CCCN(C(=O)c2ccc3c(c2)OCO3)C1. The fraction of sp³-hybridized carbons (Fsp3) is 0.500. The van der Waals surface area contributed by atoms with Crippen LogP contribution in [0.15, 0.2) is 18.2 Å². The van der Waals surface area contributed by atoms with Crippen molar-refractivity contribution in [3.63, 3.8) is 0 Å². The smallest absolute Gasteiger partial charge is 0.254 e. The molecule has 1 aromatic rings. The number of hydrogen-bond acceptors (Lipinski definition) is 3. The lowest BCUT2D eigenvalue weighted by atomic mass is 9.99. The van der Waals surface area contributed by atoms with E-state index < -0.39 is 0 Å². The molecule has 0 saturated carbocycles. The Labute approximate surface area is 106 Å². The maximum absolute atomic E-state index is 12.4. The van der Waals surface area contributed by atoms with E-state index in [1.807, 2.05) is 17.0 Å². The number of ether oxygens (including phenoxy) is 2. The lowest BCUT2D eigenvalue weighted by molar-refractivity contribution is 0.0682. The van der Waals surface area contributed by atoms with E-state index in [-0.39, 0.29) is 12.7 Å². The molecule has 4 nitrogen and oxygen atoms in total. The molecule has 0 bridgehead atoms. The standard InChI is InChI=1S/C14H17NO3/c1-10-3-2-6-15(8-10)14(16)11-4-5-12-13(7-11)18-9-17-12/h4-5,7,10H,2-3,6,8-9H2,1H3/t10-/m0/s1. The minimum Gasteiger partial charge on any atom is -0.454 e. The Hall–Kier alpha value is -1.71. The number of carbonyl (C=O) groups excluding carboxylic acids is 1. The highest BCUT2D eigenvalue weighted by Gasteiger charge is 2.23. The quantitative estimate of drug-likeness (QED) is 0.764.